The number of hydrogen-bond acceptors (Lipinski definition) is 7. The van der Waals surface area contributed by atoms with E-state index in [0.29, 0.717) is 23.9 Å². The molecule has 1 saturated heterocycles. The Morgan fingerprint density at radius 3 is 2.55 bits per heavy atom. The molecule has 4 rings (SSSR count). The molecule has 0 aliphatic carbocycles. The molecule has 1 aliphatic rings. The highest BCUT2D eigenvalue weighted by Gasteiger charge is 2.35. The Morgan fingerprint density at radius 2 is 1.85 bits per heavy atom. The van der Waals surface area contributed by atoms with Crippen molar-refractivity contribution >= 4 is 29.6 Å². The predicted octanol–water partition coefficient (Wildman–Crippen LogP) is 4.34. The molecule has 1 unspecified atom stereocenters. The zero-order valence-corrected chi connectivity index (χ0v) is 18.8. The molecule has 170 valence electrons. The predicted molar refractivity (Wildman–Crippen MR) is 125 cm³/mol. The number of cyclic esters (lactones) is 1. The average Bonchev–Trinajstić information content (AvgIpc) is 3.20. The van der Waals surface area contributed by atoms with Crippen molar-refractivity contribution in [3.8, 4) is 0 Å². The van der Waals surface area contributed by atoms with Gasteiger partial charge in [-0.1, -0.05) is 37.3 Å². The summed E-state index contributed by atoms with van der Waals surface area (Å²) in [6.07, 6.45) is 0.288. The lowest BCUT2D eigenvalue weighted by Gasteiger charge is -2.20. The summed E-state index contributed by atoms with van der Waals surface area (Å²) in [7, 11) is 0. The number of para-hydroxylation sites is 1. The average molecular weight is 447 g/mol. The maximum Gasteiger partial charge on any atom is 0.417 e. The lowest BCUT2D eigenvalue weighted by atomic mass is 10.1. The van der Waals surface area contributed by atoms with Gasteiger partial charge in [0.05, 0.1) is 12.1 Å². The monoisotopic (exact) mass is 446 g/mol. The Bertz CT molecular complexity index is 1140. The van der Waals surface area contributed by atoms with Crippen LogP contribution in [0.1, 0.15) is 48.1 Å². The van der Waals surface area contributed by atoms with E-state index in [0.717, 1.165) is 17.7 Å². The Hall–Kier alpha value is -4.01. The lowest BCUT2D eigenvalue weighted by Crippen LogP contribution is -2.34. The summed E-state index contributed by atoms with van der Waals surface area (Å²) in [5.41, 5.74) is 2.26. The molecule has 0 radical (unpaired) electrons. The molecule has 1 aliphatic heterocycles. The second-order valence-electron chi connectivity index (χ2n) is 7.82. The van der Waals surface area contributed by atoms with Crippen molar-refractivity contribution in [3.05, 3.63) is 71.5 Å². The minimum atomic E-state index is -0.448. The third-order valence-corrected chi connectivity index (χ3v) is 5.43. The summed E-state index contributed by atoms with van der Waals surface area (Å²) >= 11 is 0. The van der Waals surface area contributed by atoms with E-state index < -0.39 is 6.09 Å². The van der Waals surface area contributed by atoms with E-state index in [4.69, 9.17) is 4.74 Å². The van der Waals surface area contributed by atoms with Gasteiger partial charge in [0.15, 0.2) is 0 Å². The molecule has 1 aromatic heterocycles. The number of carbonyl (C=O) groups excluding carboxylic acids is 2. The Kier molecular flexibility index (Phi) is 6.48. The zero-order valence-electron chi connectivity index (χ0n) is 18.8. The van der Waals surface area contributed by atoms with E-state index >= 15 is 0 Å². The van der Waals surface area contributed by atoms with Crippen LogP contribution in [-0.4, -0.2) is 39.6 Å². The van der Waals surface area contributed by atoms with Gasteiger partial charge in [-0.25, -0.2) is 9.69 Å². The van der Waals surface area contributed by atoms with E-state index in [-0.39, 0.29) is 23.9 Å². The number of benzene rings is 2. The fourth-order valence-corrected chi connectivity index (χ4v) is 3.57. The van der Waals surface area contributed by atoms with Crippen LogP contribution in [0.2, 0.25) is 0 Å². The number of aromatic nitrogens is 3. The largest absolute Gasteiger partial charge is 0.447 e. The van der Waals surface area contributed by atoms with Crippen molar-refractivity contribution in [1.29, 1.82) is 0 Å². The van der Waals surface area contributed by atoms with E-state index in [1.165, 1.54) is 4.90 Å². The van der Waals surface area contributed by atoms with Gasteiger partial charge in [-0.05, 0) is 50.1 Å². The summed E-state index contributed by atoms with van der Waals surface area (Å²) in [5.74, 6) is 0.969. The first-order valence-corrected chi connectivity index (χ1v) is 10.9. The number of nitrogens with one attached hydrogen (secondary N) is 2. The molecule has 9 heteroatoms. The smallest absolute Gasteiger partial charge is 0.417 e. The molecule has 3 aromatic rings. The Labute approximate surface area is 192 Å². The highest BCUT2D eigenvalue weighted by atomic mass is 16.6. The maximum atomic E-state index is 12.5. The molecule has 2 N–H and O–H groups in total. The fourth-order valence-electron chi connectivity index (χ4n) is 3.57. The molecular formula is C24H26N6O3. The molecule has 2 amide bonds. The fraction of sp³-hybridized carbons (Fsp3) is 0.292. The minimum Gasteiger partial charge on any atom is -0.447 e. The molecule has 0 bridgehead atoms. The van der Waals surface area contributed by atoms with Gasteiger partial charge in [0, 0.05) is 11.3 Å². The number of anilines is 3. The summed E-state index contributed by atoms with van der Waals surface area (Å²) in [5, 5.41) is 6.13. The molecular weight excluding hydrogens is 420 g/mol. The quantitative estimate of drug-likeness (QED) is 0.555. The van der Waals surface area contributed by atoms with Crippen molar-refractivity contribution < 1.29 is 14.3 Å². The molecule has 2 aromatic carbocycles. The van der Waals surface area contributed by atoms with Crippen LogP contribution < -0.4 is 15.5 Å². The second-order valence-corrected chi connectivity index (χ2v) is 7.82. The Balaban J connectivity index is 1.46. The molecule has 0 saturated carbocycles. The number of hydrogen-bond donors (Lipinski definition) is 2. The van der Waals surface area contributed by atoms with E-state index in [1.54, 1.807) is 19.1 Å². The number of aryl methyl sites for hydroxylation is 1. The first-order valence-electron chi connectivity index (χ1n) is 10.9. The standard InChI is InChI=1S/C24H26N6O3/c1-4-20-14-33-24(32)30(20)23-27-16(3)26-22(29-23)25-15(2)17-10-12-18(13-11-17)21(31)28-19-8-6-5-7-9-19/h5-13,15,20H,4,14H2,1-3H3,(H,28,31)(H,25,26,27,29)/t15-,20?/m1/s1. The van der Waals surface area contributed by atoms with Crippen molar-refractivity contribution in [2.45, 2.75) is 39.3 Å². The van der Waals surface area contributed by atoms with Crippen molar-refractivity contribution in [2.24, 2.45) is 0 Å². The number of ether oxygens (including phenoxy) is 1. The summed E-state index contributed by atoms with van der Waals surface area (Å²) in [6, 6.07) is 16.4. The molecule has 33 heavy (non-hydrogen) atoms. The topological polar surface area (TPSA) is 109 Å². The van der Waals surface area contributed by atoms with Gasteiger partial charge in [-0.15, -0.1) is 0 Å². The molecule has 9 nitrogen and oxygen atoms in total. The summed E-state index contributed by atoms with van der Waals surface area (Å²) < 4.78 is 5.16. The van der Waals surface area contributed by atoms with Crippen LogP contribution in [0.4, 0.5) is 22.4 Å². The van der Waals surface area contributed by atoms with Gasteiger partial charge < -0.3 is 15.4 Å². The van der Waals surface area contributed by atoms with Crippen LogP contribution in [0.25, 0.3) is 0 Å². The van der Waals surface area contributed by atoms with Crippen LogP contribution in [0.15, 0.2) is 54.6 Å². The van der Waals surface area contributed by atoms with E-state index in [2.05, 4.69) is 25.6 Å². The minimum absolute atomic E-state index is 0.0980. The molecule has 2 atom stereocenters. The van der Waals surface area contributed by atoms with E-state index in [1.807, 2.05) is 56.3 Å². The normalized spacial score (nSPS) is 16.3. The number of rotatable bonds is 7. The van der Waals surface area contributed by atoms with Crippen molar-refractivity contribution in [2.75, 3.05) is 22.1 Å². The SMILES string of the molecule is CCC1COC(=O)N1c1nc(C)nc(N[C@H](C)c2ccc(C(=O)Nc3ccccc3)cc2)n1. The van der Waals surface area contributed by atoms with Gasteiger partial charge in [-0.2, -0.15) is 15.0 Å². The van der Waals surface area contributed by atoms with Gasteiger partial charge in [0.1, 0.15) is 12.4 Å². The van der Waals surface area contributed by atoms with Crippen LogP contribution in [-0.2, 0) is 4.74 Å². The summed E-state index contributed by atoms with van der Waals surface area (Å²) in [4.78, 5) is 39.2. The number of carbonyl (C=O) groups is 2. The maximum absolute atomic E-state index is 12.5. The molecule has 1 fully saturated rings. The van der Waals surface area contributed by atoms with Crippen molar-refractivity contribution in [3.63, 3.8) is 0 Å². The number of amides is 2. The van der Waals surface area contributed by atoms with Crippen LogP contribution in [0.5, 0.6) is 0 Å². The van der Waals surface area contributed by atoms with Gasteiger partial charge in [0.2, 0.25) is 11.9 Å². The van der Waals surface area contributed by atoms with Crippen LogP contribution in [0, 0.1) is 6.92 Å². The summed E-state index contributed by atoms with van der Waals surface area (Å²) in [6.45, 7) is 6.03. The highest BCUT2D eigenvalue weighted by molar-refractivity contribution is 6.04. The van der Waals surface area contributed by atoms with Crippen molar-refractivity contribution in [1.82, 2.24) is 15.0 Å². The van der Waals surface area contributed by atoms with Crippen LogP contribution >= 0.6 is 0 Å². The molecule has 2 heterocycles. The first-order chi connectivity index (χ1) is 15.9. The Morgan fingerprint density at radius 1 is 1.12 bits per heavy atom. The van der Waals surface area contributed by atoms with E-state index in [9.17, 15) is 9.59 Å². The first kappa shape index (κ1) is 22.2. The van der Waals surface area contributed by atoms with Crippen LogP contribution in [0.3, 0.4) is 0 Å². The third kappa shape index (κ3) is 5.08. The van der Waals surface area contributed by atoms with Gasteiger partial charge >= 0.3 is 6.09 Å². The van der Waals surface area contributed by atoms with Gasteiger partial charge in [0.25, 0.3) is 5.91 Å². The zero-order chi connectivity index (χ0) is 23.4. The second kappa shape index (κ2) is 9.64. The lowest BCUT2D eigenvalue weighted by molar-refractivity contribution is 0.102. The molecule has 0 spiro atoms. The number of nitrogens with zero attached hydrogens (tertiary/aromatic N) is 4. The van der Waals surface area contributed by atoms with Gasteiger partial charge in [-0.3, -0.25) is 4.79 Å². The highest BCUT2D eigenvalue weighted by Crippen LogP contribution is 2.24. The third-order valence-electron chi connectivity index (χ3n) is 5.43.